The molecule has 3 aromatic carbocycles. The third-order valence-electron chi connectivity index (χ3n) is 9.18. The van der Waals surface area contributed by atoms with Crippen LogP contribution in [-0.4, -0.2) is 125 Å². The van der Waals surface area contributed by atoms with E-state index in [-0.39, 0.29) is 0 Å². The number of methoxy groups -OCH3 is 3. The zero-order valence-corrected chi connectivity index (χ0v) is 35.9. The lowest BCUT2D eigenvalue weighted by atomic mass is 9.99. The van der Waals surface area contributed by atoms with E-state index in [1.165, 1.54) is 54.5 Å². The Labute approximate surface area is 348 Å². The van der Waals surface area contributed by atoms with Crippen molar-refractivity contribution in [2.45, 2.75) is 64.0 Å². The van der Waals surface area contributed by atoms with Gasteiger partial charge >= 0.3 is 6.09 Å². The van der Waals surface area contributed by atoms with Gasteiger partial charge in [0.05, 0.1) is 55.8 Å². The molecular weight excluding hydrogens is 753 g/mol. The molecule has 322 valence electrons. The molecule has 0 bridgehead atoms. The summed E-state index contributed by atoms with van der Waals surface area (Å²) in [5.41, 5.74) is 6.84. The van der Waals surface area contributed by atoms with Crippen LogP contribution in [0.15, 0.2) is 60.8 Å². The van der Waals surface area contributed by atoms with Gasteiger partial charge in [-0.15, -0.1) is 0 Å². The van der Waals surface area contributed by atoms with Crippen molar-refractivity contribution in [2.24, 2.45) is 0 Å². The standard InChI is InChI=1S/C30H34N6.C7H13NO3.C3H7NO.C2H4O2.C2H6O/c1-31-14-4-3-7-29-32-19-27(33-29)24-11-10-20-16-21(8-9-22(20)17-24)23-12-13-25-26(18-23)35-30(34-25)28-6-5-15-36(28)2;1-3-4-6(5-9)8-7(10)11-2;1-4-2-3-5;1-4-2-3;1-3-2/h8-13,16-19,28,31H,3-7,14-15H2,1-2H3,(H,32,33)(H,34,35);5-6H,3-4H2,1-2H3,(H,8,10);3-4H,2H2,1H3;2H,1H3;1-2H3. The number of nitrogens with one attached hydrogen (secondary N) is 5. The molecule has 1 amide bonds. The summed E-state index contributed by atoms with van der Waals surface area (Å²) in [4.78, 5) is 58.1. The molecule has 2 atom stereocenters. The van der Waals surface area contributed by atoms with Gasteiger partial charge in [-0.25, -0.2) is 14.8 Å². The van der Waals surface area contributed by atoms with Crippen molar-refractivity contribution in [1.29, 1.82) is 0 Å². The lowest BCUT2D eigenvalue weighted by Gasteiger charge is -2.16. The molecule has 15 heteroatoms. The van der Waals surface area contributed by atoms with Gasteiger partial charge < -0.3 is 49.7 Å². The first-order chi connectivity index (χ1) is 28.7. The topological polar surface area (TPSA) is 193 Å². The summed E-state index contributed by atoms with van der Waals surface area (Å²) in [6.07, 6.45) is 10.1. The highest BCUT2D eigenvalue weighted by atomic mass is 16.5. The number of amides is 1. The molecule has 15 nitrogen and oxygen atoms in total. The first-order valence-electron chi connectivity index (χ1n) is 19.8. The number of carbonyl (C=O) groups is 4. The Hall–Kier alpha value is -5.48. The Balaban J connectivity index is 0.000000431. The van der Waals surface area contributed by atoms with Crippen LogP contribution in [-0.2, 0) is 35.0 Å². The molecule has 6 rings (SSSR count). The summed E-state index contributed by atoms with van der Waals surface area (Å²) < 4.78 is 12.4. The molecule has 2 aromatic heterocycles. The normalized spacial score (nSPS) is 13.5. The second-order valence-corrected chi connectivity index (χ2v) is 13.7. The van der Waals surface area contributed by atoms with E-state index in [0.29, 0.717) is 31.8 Å². The van der Waals surface area contributed by atoms with E-state index in [2.05, 4.69) is 112 Å². The average Bonchev–Trinajstić information content (AvgIpc) is 4.02. The van der Waals surface area contributed by atoms with E-state index in [1.54, 1.807) is 21.3 Å². The quantitative estimate of drug-likeness (QED) is 0.0591. The SMILES string of the molecule is CCCC(C=O)NC(=O)OC.CNCC=O.CNCCCCc1ncc(-c2ccc3cc(-c4ccc5nc(C6CCCN6C)[nH]c5c4)ccc3c2)[nH]1.COC.COC=O. The van der Waals surface area contributed by atoms with Crippen molar-refractivity contribution >= 4 is 46.9 Å². The van der Waals surface area contributed by atoms with Crippen molar-refractivity contribution in [2.75, 3.05) is 69.2 Å². The fourth-order valence-corrected chi connectivity index (χ4v) is 6.22. The minimum absolute atomic E-state index is 0.375. The molecule has 0 saturated carbocycles. The van der Waals surface area contributed by atoms with Gasteiger partial charge in [0.1, 0.15) is 24.2 Å². The highest BCUT2D eigenvalue weighted by molar-refractivity contribution is 5.91. The number of ether oxygens (including phenoxy) is 3. The molecular formula is C44H64N8O7. The Kier molecular flexibility index (Phi) is 24.3. The third-order valence-corrected chi connectivity index (χ3v) is 9.18. The third kappa shape index (κ3) is 17.1. The van der Waals surface area contributed by atoms with Gasteiger partial charge in [-0.05, 0) is 113 Å². The molecule has 5 aromatic rings. The number of benzene rings is 3. The van der Waals surface area contributed by atoms with Crippen LogP contribution in [0.4, 0.5) is 4.79 Å². The average molecular weight is 817 g/mol. The molecule has 0 radical (unpaired) electrons. The highest BCUT2D eigenvalue weighted by Gasteiger charge is 2.25. The molecule has 1 aliphatic heterocycles. The fourth-order valence-electron chi connectivity index (χ4n) is 6.22. The van der Waals surface area contributed by atoms with E-state index in [1.807, 2.05) is 20.2 Å². The maximum absolute atomic E-state index is 10.6. The van der Waals surface area contributed by atoms with Crippen molar-refractivity contribution in [3.05, 3.63) is 72.4 Å². The van der Waals surface area contributed by atoms with Crippen LogP contribution in [0.2, 0.25) is 0 Å². The first kappa shape index (κ1) is 49.7. The number of hydrogen-bond acceptors (Lipinski definition) is 12. The minimum atomic E-state index is -0.560. The van der Waals surface area contributed by atoms with Crippen LogP contribution in [0.25, 0.3) is 44.2 Å². The maximum atomic E-state index is 10.6. The summed E-state index contributed by atoms with van der Waals surface area (Å²) in [7, 11) is 11.7. The molecule has 1 fully saturated rings. The van der Waals surface area contributed by atoms with E-state index in [0.717, 1.165) is 73.4 Å². The van der Waals surface area contributed by atoms with E-state index in [9.17, 15) is 14.4 Å². The van der Waals surface area contributed by atoms with Crippen molar-refractivity contribution in [1.82, 2.24) is 40.8 Å². The Morgan fingerprint density at radius 3 is 2.15 bits per heavy atom. The zero-order valence-electron chi connectivity index (χ0n) is 35.9. The second kappa shape index (κ2) is 28.8. The summed E-state index contributed by atoms with van der Waals surface area (Å²) in [6, 6.07) is 19.9. The Bertz CT molecular complexity index is 1960. The Morgan fingerprint density at radius 1 is 0.932 bits per heavy atom. The molecule has 0 aliphatic carbocycles. The molecule has 59 heavy (non-hydrogen) atoms. The van der Waals surface area contributed by atoms with Crippen LogP contribution >= 0.6 is 0 Å². The van der Waals surface area contributed by atoms with Gasteiger partial charge in [-0.1, -0.05) is 43.7 Å². The second-order valence-electron chi connectivity index (χ2n) is 13.7. The van der Waals surface area contributed by atoms with Gasteiger partial charge in [0.15, 0.2) is 0 Å². The maximum Gasteiger partial charge on any atom is 0.407 e. The number of fused-ring (bicyclic) bond motifs is 2. The van der Waals surface area contributed by atoms with E-state index >= 15 is 0 Å². The number of alkyl carbamates (subject to hydrolysis) is 1. The number of aldehydes is 2. The predicted octanol–water partition coefficient (Wildman–Crippen LogP) is 6.25. The number of likely N-dealkylation sites (tertiary alicyclic amines) is 1. The van der Waals surface area contributed by atoms with Crippen LogP contribution in [0, 0.1) is 0 Å². The summed E-state index contributed by atoms with van der Waals surface area (Å²) in [5, 5.41) is 10.7. The number of aromatic amines is 2. The molecule has 3 heterocycles. The molecule has 5 N–H and O–H groups in total. The van der Waals surface area contributed by atoms with E-state index < -0.39 is 12.1 Å². The number of likely N-dealkylation sites (N-methyl/N-ethyl adjacent to an activating group) is 1. The molecule has 0 spiro atoms. The number of hydrogen-bond donors (Lipinski definition) is 5. The van der Waals surface area contributed by atoms with Crippen molar-refractivity contribution in [3.63, 3.8) is 0 Å². The summed E-state index contributed by atoms with van der Waals surface area (Å²) in [6.45, 7) is 4.97. The van der Waals surface area contributed by atoms with E-state index in [4.69, 9.17) is 9.78 Å². The van der Waals surface area contributed by atoms with Crippen molar-refractivity contribution < 1.29 is 33.4 Å². The smallest absolute Gasteiger partial charge is 0.407 e. The van der Waals surface area contributed by atoms with Gasteiger partial charge in [-0.3, -0.25) is 9.69 Å². The van der Waals surface area contributed by atoms with Crippen molar-refractivity contribution in [3.8, 4) is 22.4 Å². The number of aromatic nitrogens is 4. The predicted molar refractivity (Wildman–Crippen MR) is 234 cm³/mol. The van der Waals surface area contributed by atoms with Crippen LogP contribution in [0.5, 0.6) is 0 Å². The molecule has 2 unspecified atom stereocenters. The molecule has 1 saturated heterocycles. The largest absolute Gasteiger partial charge is 0.471 e. The summed E-state index contributed by atoms with van der Waals surface area (Å²) >= 11 is 0. The zero-order chi connectivity index (χ0) is 43.4. The molecule has 1 aliphatic rings. The summed E-state index contributed by atoms with van der Waals surface area (Å²) in [5.74, 6) is 2.15. The lowest BCUT2D eigenvalue weighted by Crippen LogP contribution is -2.35. The lowest BCUT2D eigenvalue weighted by molar-refractivity contribution is -0.126. The van der Waals surface area contributed by atoms with Crippen LogP contribution in [0.3, 0.4) is 0 Å². The number of unbranched alkanes of at least 4 members (excludes halogenated alkanes) is 1. The highest BCUT2D eigenvalue weighted by Crippen LogP contribution is 2.32. The van der Waals surface area contributed by atoms with Gasteiger partial charge in [0.2, 0.25) is 0 Å². The first-order valence-corrected chi connectivity index (χ1v) is 19.8. The number of H-pyrrole nitrogens is 2. The van der Waals surface area contributed by atoms with Crippen LogP contribution in [0.1, 0.15) is 63.1 Å². The number of carbonyl (C=O) groups excluding carboxylic acids is 4. The monoisotopic (exact) mass is 816 g/mol. The van der Waals surface area contributed by atoms with Gasteiger partial charge in [-0.2, -0.15) is 0 Å². The van der Waals surface area contributed by atoms with Crippen LogP contribution < -0.4 is 16.0 Å². The van der Waals surface area contributed by atoms with Gasteiger partial charge in [0, 0.05) is 26.2 Å². The van der Waals surface area contributed by atoms with Gasteiger partial charge in [0.25, 0.3) is 6.47 Å². The fraction of sp³-hybridized carbons (Fsp3) is 0.455. The number of imidazole rings is 2. The number of nitrogens with zero attached hydrogens (tertiary/aromatic N) is 3. The minimum Gasteiger partial charge on any atom is -0.471 e. The Morgan fingerprint density at radius 2 is 1.59 bits per heavy atom. The number of rotatable bonds is 15. The number of aryl methyl sites for hydroxylation is 1.